The number of rotatable bonds is 9. The summed E-state index contributed by atoms with van der Waals surface area (Å²) in [5.74, 6) is -0.836. The Balaban J connectivity index is 2.91. The lowest BCUT2D eigenvalue weighted by atomic mass is 10.0. The van der Waals surface area contributed by atoms with E-state index in [-0.39, 0.29) is 12.0 Å². The van der Waals surface area contributed by atoms with Gasteiger partial charge in [0.2, 0.25) is 0 Å². The van der Waals surface area contributed by atoms with Gasteiger partial charge in [-0.3, -0.25) is 20.2 Å². The summed E-state index contributed by atoms with van der Waals surface area (Å²) >= 11 is 0. The van der Waals surface area contributed by atoms with Crippen LogP contribution in [0.5, 0.6) is 0 Å². The molecule has 1 aromatic carbocycles. The van der Waals surface area contributed by atoms with Crippen LogP contribution < -0.4 is 11.5 Å². The molecule has 0 saturated carbocycles. The van der Waals surface area contributed by atoms with Crippen molar-refractivity contribution in [2.24, 2.45) is 11.5 Å². The zero-order valence-corrected chi connectivity index (χ0v) is 14.1. The molecule has 10 heteroatoms. The molecular formula is C15H22N4O6. The van der Waals surface area contributed by atoms with Crippen molar-refractivity contribution in [3.8, 4) is 0 Å². The van der Waals surface area contributed by atoms with Gasteiger partial charge in [-0.2, -0.15) is 0 Å². The first kappa shape index (κ1) is 20.5. The summed E-state index contributed by atoms with van der Waals surface area (Å²) < 4.78 is 5.19. The number of carbonyl (C=O) groups excluding carboxylic acids is 1. The largest absolute Gasteiger partial charge is 0.455 e. The summed E-state index contributed by atoms with van der Waals surface area (Å²) in [7, 11) is 0. The van der Waals surface area contributed by atoms with Gasteiger partial charge < -0.3 is 16.2 Å². The Morgan fingerprint density at radius 3 is 2.32 bits per heavy atom. The minimum absolute atomic E-state index is 0.231. The van der Waals surface area contributed by atoms with E-state index >= 15 is 0 Å². The predicted octanol–water partition coefficient (Wildman–Crippen LogP) is 2.30. The molecule has 0 fully saturated rings. The molecule has 1 aromatic rings. The average Bonchev–Trinajstić information content (AvgIpc) is 2.54. The lowest BCUT2D eigenvalue weighted by Gasteiger charge is -2.24. The van der Waals surface area contributed by atoms with Crippen LogP contribution in [-0.2, 0) is 9.53 Å². The molecule has 0 spiro atoms. The van der Waals surface area contributed by atoms with Gasteiger partial charge in [-0.05, 0) is 31.4 Å². The third kappa shape index (κ3) is 5.47. The quantitative estimate of drug-likeness (QED) is 0.224. The monoisotopic (exact) mass is 354 g/mol. The highest BCUT2D eigenvalue weighted by atomic mass is 16.6. The second-order valence-corrected chi connectivity index (χ2v) is 5.81. The van der Waals surface area contributed by atoms with Crippen molar-refractivity contribution < 1.29 is 19.4 Å². The molecule has 0 radical (unpaired) electrons. The highest BCUT2D eigenvalue weighted by molar-refractivity contribution is 5.79. The Bertz CT molecular complexity index is 661. The first-order valence-electron chi connectivity index (χ1n) is 7.81. The Morgan fingerprint density at radius 2 is 1.80 bits per heavy atom. The van der Waals surface area contributed by atoms with Crippen LogP contribution in [0, 0.1) is 20.2 Å². The Morgan fingerprint density at radius 1 is 1.20 bits per heavy atom. The van der Waals surface area contributed by atoms with Crippen molar-refractivity contribution in [2.75, 3.05) is 0 Å². The van der Waals surface area contributed by atoms with Crippen molar-refractivity contribution in [1.29, 1.82) is 0 Å². The molecule has 138 valence electrons. The molecule has 0 aliphatic carbocycles. The zero-order valence-electron chi connectivity index (χ0n) is 14.1. The summed E-state index contributed by atoms with van der Waals surface area (Å²) in [5, 5.41) is 21.8. The maximum Gasteiger partial charge on any atom is 0.346 e. The highest BCUT2D eigenvalue weighted by Gasteiger charge is 2.33. The molecule has 0 aliphatic heterocycles. The Kier molecular flexibility index (Phi) is 6.95. The summed E-state index contributed by atoms with van der Waals surface area (Å²) in [6.07, 6.45) is 1.81. The van der Waals surface area contributed by atoms with Gasteiger partial charge in [0.05, 0.1) is 9.85 Å². The van der Waals surface area contributed by atoms with E-state index in [9.17, 15) is 25.0 Å². The van der Waals surface area contributed by atoms with Crippen molar-refractivity contribution in [1.82, 2.24) is 0 Å². The maximum absolute atomic E-state index is 12.1. The number of hydrogen-bond donors (Lipinski definition) is 2. The lowest BCUT2D eigenvalue weighted by molar-refractivity contribution is -0.422. The lowest BCUT2D eigenvalue weighted by Crippen LogP contribution is -2.57. The molecule has 4 N–H and O–H groups in total. The molecule has 1 atom stereocenters. The molecule has 1 unspecified atom stereocenters. The van der Waals surface area contributed by atoms with Crippen LogP contribution in [0.25, 0.3) is 0 Å². The van der Waals surface area contributed by atoms with Gasteiger partial charge in [-0.15, -0.1) is 0 Å². The van der Waals surface area contributed by atoms with Gasteiger partial charge in [0.15, 0.2) is 5.66 Å². The van der Waals surface area contributed by atoms with Crippen LogP contribution in [0.2, 0.25) is 0 Å². The van der Waals surface area contributed by atoms with Gasteiger partial charge in [-0.1, -0.05) is 19.8 Å². The number of unbranched alkanes of at least 4 members (excludes halogenated alkanes) is 2. The number of benzene rings is 1. The van der Waals surface area contributed by atoms with E-state index in [1.807, 2.05) is 6.92 Å². The fourth-order valence-electron chi connectivity index (χ4n) is 2.20. The number of esters is 1. The van der Waals surface area contributed by atoms with Crippen LogP contribution in [0.3, 0.4) is 0 Å². The molecule has 0 heterocycles. The summed E-state index contributed by atoms with van der Waals surface area (Å²) in [4.78, 5) is 32.2. The second kappa shape index (κ2) is 8.49. The number of nitro benzene ring substituents is 2. The van der Waals surface area contributed by atoms with E-state index < -0.39 is 39.0 Å². The molecule has 0 aliphatic rings. The molecule has 10 nitrogen and oxygen atoms in total. The number of ether oxygens (including phenoxy) is 1. The van der Waals surface area contributed by atoms with Gasteiger partial charge in [-0.25, -0.2) is 4.79 Å². The van der Waals surface area contributed by atoms with Crippen molar-refractivity contribution in [2.45, 2.75) is 51.3 Å². The zero-order chi connectivity index (χ0) is 19.2. The minimum Gasteiger partial charge on any atom is -0.455 e. The van der Waals surface area contributed by atoms with Gasteiger partial charge in [0.25, 0.3) is 0 Å². The van der Waals surface area contributed by atoms with Crippen LogP contribution in [0.1, 0.15) is 51.2 Å². The number of hydrogen-bond acceptors (Lipinski definition) is 8. The third-order valence-electron chi connectivity index (χ3n) is 3.72. The van der Waals surface area contributed by atoms with Gasteiger partial charge >= 0.3 is 17.3 Å². The Labute approximate surface area is 144 Å². The SMILES string of the molecule is CCCCCC(N)(N)C(=O)OC(C)c1ccc([N+](=O)[O-])c([N+](=O)[O-])c1. The first-order chi connectivity index (χ1) is 11.6. The Hall–Kier alpha value is -2.59. The van der Waals surface area contributed by atoms with Crippen LogP contribution in [0.4, 0.5) is 11.4 Å². The first-order valence-corrected chi connectivity index (χ1v) is 7.81. The summed E-state index contributed by atoms with van der Waals surface area (Å²) in [5.41, 5.74) is 8.80. The fourth-order valence-corrected chi connectivity index (χ4v) is 2.20. The van der Waals surface area contributed by atoms with E-state index in [0.29, 0.717) is 6.42 Å². The topological polar surface area (TPSA) is 165 Å². The molecule has 0 amide bonds. The summed E-state index contributed by atoms with van der Waals surface area (Å²) in [6.45, 7) is 3.47. The number of nitrogens with zero attached hydrogens (tertiary/aromatic N) is 2. The number of carbonyl (C=O) groups is 1. The van der Waals surface area contributed by atoms with Gasteiger partial charge in [0.1, 0.15) is 6.10 Å². The highest BCUT2D eigenvalue weighted by Crippen LogP contribution is 2.31. The van der Waals surface area contributed by atoms with Gasteiger partial charge in [0, 0.05) is 12.1 Å². The maximum atomic E-state index is 12.1. The van der Waals surface area contributed by atoms with E-state index in [0.717, 1.165) is 25.0 Å². The van der Waals surface area contributed by atoms with Crippen LogP contribution in [-0.4, -0.2) is 21.5 Å². The molecule has 0 bridgehead atoms. The average molecular weight is 354 g/mol. The van der Waals surface area contributed by atoms with Crippen molar-refractivity contribution in [3.05, 3.63) is 44.0 Å². The van der Waals surface area contributed by atoms with E-state index in [2.05, 4.69) is 0 Å². The van der Waals surface area contributed by atoms with E-state index in [1.165, 1.54) is 13.0 Å². The normalized spacial score (nSPS) is 12.5. The third-order valence-corrected chi connectivity index (χ3v) is 3.72. The standard InChI is InChI=1S/C15H22N4O6/c1-3-4-5-8-15(16,17)14(20)25-10(2)11-6-7-12(18(21)22)13(9-11)19(23)24/h6-7,9-10H,3-5,8,16-17H2,1-2H3. The minimum atomic E-state index is -1.66. The van der Waals surface area contributed by atoms with Crippen LogP contribution in [0.15, 0.2) is 18.2 Å². The predicted molar refractivity (Wildman–Crippen MR) is 89.5 cm³/mol. The van der Waals surface area contributed by atoms with E-state index in [4.69, 9.17) is 16.2 Å². The number of nitrogens with two attached hydrogens (primary N) is 2. The number of nitro groups is 2. The molecule has 1 rings (SSSR count). The smallest absolute Gasteiger partial charge is 0.346 e. The van der Waals surface area contributed by atoms with Crippen molar-refractivity contribution in [3.63, 3.8) is 0 Å². The molecular weight excluding hydrogens is 332 g/mol. The molecule has 0 saturated heterocycles. The van der Waals surface area contributed by atoms with Crippen LogP contribution >= 0.6 is 0 Å². The van der Waals surface area contributed by atoms with Crippen molar-refractivity contribution >= 4 is 17.3 Å². The summed E-state index contributed by atoms with van der Waals surface area (Å²) in [6, 6.07) is 3.29. The molecule has 25 heavy (non-hydrogen) atoms. The molecule has 0 aromatic heterocycles. The second-order valence-electron chi connectivity index (χ2n) is 5.81. The van der Waals surface area contributed by atoms with E-state index in [1.54, 1.807) is 0 Å². The fraction of sp³-hybridized carbons (Fsp3) is 0.533.